The molecular formula is C29H22O4. The van der Waals surface area contributed by atoms with Crippen molar-refractivity contribution in [2.45, 2.75) is 13.0 Å². The van der Waals surface area contributed by atoms with Crippen LogP contribution >= 0.6 is 0 Å². The third-order valence-electron chi connectivity index (χ3n) is 5.58. The van der Waals surface area contributed by atoms with Crippen LogP contribution in [0, 0.1) is 0 Å². The van der Waals surface area contributed by atoms with Crippen LogP contribution in [0.5, 0.6) is 11.5 Å². The number of hydrogen-bond donors (Lipinski definition) is 1. The van der Waals surface area contributed by atoms with E-state index < -0.39 is 0 Å². The van der Waals surface area contributed by atoms with Crippen LogP contribution in [0.2, 0.25) is 0 Å². The molecule has 33 heavy (non-hydrogen) atoms. The van der Waals surface area contributed by atoms with Crippen LogP contribution in [0.3, 0.4) is 0 Å². The van der Waals surface area contributed by atoms with E-state index in [1.165, 1.54) is 6.07 Å². The molecule has 0 saturated heterocycles. The molecule has 0 fully saturated rings. The highest BCUT2D eigenvalue weighted by molar-refractivity contribution is 5.88. The fourth-order valence-corrected chi connectivity index (χ4v) is 3.90. The zero-order chi connectivity index (χ0) is 22.6. The Balaban J connectivity index is 1.64. The Morgan fingerprint density at radius 1 is 0.758 bits per heavy atom. The second-order valence-corrected chi connectivity index (χ2v) is 7.85. The molecule has 0 saturated carbocycles. The predicted molar refractivity (Wildman–Crippen MR) is 130 cm³/mol. The Labute approximate surface area is 191 Å². The predicted octanol–water partition coefficient (Wildman–Crippen LogP) is 6.34. The molecule has 1 aromatic heterocycles. The van der Waals surface area contributed by atoms with Gasteiger partial charge in [-0.3, -0.25) is 4.79 Å². The van der Waals surface area contributed by atoms with Crippen molar-refractivity contribution >= 4 is 11.0 Å². The average molecular weight is 434 g/mol. The number of phenols is 1. The highest BCUT2D eigenvalue weighted by Crippen LogP contribution is 2.38. The van der Waals surface area contributed by atoms with Crippen molar-refractivity contribution < 1.29 is 14.3 Å². The van der Waals surface area contributed by atoms with Crippen LogP contribution in [-0.2, 0) is 13.0 Å². The van der Waals surface area contributed by atoms with Gasteiger partial charge in [-0.05, 0) is 11.1 Å². The molecule has 0 aliphatic heterocycles. The van der Waals surface area contributed by atoms with Crippen LogP contribution in [0.25, 0.3) is 22.3 Å². The largest absolute Gasteiger partial charge is 0.507 e. The molecule has 0 radical (unpaired) electrons. The minimum absolute atomic E-state index is 0.104. The molecule has 0 atom stereocenters. The van der Waals surface area contributed by atoms with Gasteiger partial charge >= 0.3 is 0 Å². The normalized spacial score (nSPS) is 10.9. The van der Waals surface area contributed by atoms with Gasteiger partial charge in [-0.15, -0.1) is 0 Å². The van der Waals surface area contributed by atoms with Crippen molar-refractivity contribution in [1.29, 1.82) is 0 Å². The van der Waals surface area contributed by atoms with Gasteiger partial charge in [0.25, 0.3) is 0 Å². The smallest absolute Gasteiger partial charge is 0.197 e. The molecule has 0 aliphatic rings. The molecule has 0 bridgehead atoms. The maximum absolute atomic E-state index is 13.0. The summed E-state index contributed by atoms with van der Waals surface area (Å²) in [6.45, 7) is 0.330. The molecule has 0 amide bonds. The van der Waals surface area contributed by atoms with E-state index in [9.17, 15) is 9.90 Å². The number of rotatable bonds is 6. The number of ether oxygens (including phenoxy) is 1. The lowest BCUT2D eigenvalue weighted by Gasteiger charge is -2.15. The fourth-order valence-electron chi connectivity index (χ4n) is 3.90. The summed E-state index contributed by atoms with van der Waals surface area (Å²) in [7, 11) is 0. The Bertz CT molecular complexity index is 1440. The Morgan fingerprint density at radius 3 is 2.03 bits per heavy atom. The zero-order valence-electron chi connectivity index (χ0n) is 17.9. The average Bonchev–Trinajstić information content (AvgIpc) is 2.86. The SMILES string of the molecule is O=c1cc(-c2ccccc2)oc2cc(OCc3ccccc3)c(Cc3ccccc3)c(O)c12. The lowest BCUT2D eigenvalue weighted by molar-refractivity contribution is 0.301. The number of hydrogen-bond acceptors (Lipinski definition) is 4. The van der Waals surface area contributed by atoms with Crippen LogP contribution in [-0.4, -0.2) is 5.11 Å². The second-order valence-electron chi connectivity index (χ2n) is 7.85. The van der Waals surface area contributed by atoms with E-state index in [0.717, 1.165) is 16.7 Å². The fraction of sp³-hybridized carbons (Fsp3) is 0.0690. The van der Waals surface area contributed by atoms with Crippen LogP contribution in [0.15, 0.2) is 112 Å². The summed E-state index contributed by atoms with van der Waals surface area (Å²) < 4.78 is 12.2. The third-order valence-corrected chi connectivity index (χ3v) is 5.58. The molecule has 0 unspecified atom stereocenters. The van der Waals surface area contributed by atoms with E-state index in [0.29, 0.717) is 35.7 Å². The van der Waals surface area contributed by atoms with E-state index in [4.69, 9.17) is 9.15 Å². The molecule has 162 valence electrons. The van der Waals surface area contributed by atoms with Crippen molar-refractivity contribution in [3.05, 3.63) is 130 Å². The van der Waals surface area contributed by atoms with Gasteiger partial charge in [0.2, 0.25) is 0 Å². The van der Waals surface area contributed by atoms with E-state index in [1.54, 1.807) is 6.07 Å². The van der Waals surface area contributed by atoms with Gasteiger partial charge in [-0.1, -0.05) is 91.0 Å². The van der Waals surface area contributed by atoms with E-state index in [-0.39, 0.29) is 16.6 Å². The molecule has 4 heteroatoms. The number of aromatic hydroxyl groups is 1. The van der Waals surface area contributed by atoms with Gasteiger partial charge < -0.3 is 14.3 Å². The second kappa shape index (κ2) is 9.05. The van der Waals surface area contributed by atoms with Gasteiger partial charge in [0.15, 0.2) is 5.43 Å². The van der Waals surface area contributed by atoms with Gasteiger partial charge in [-0.25, -0.2) is 0 Å². The van der Waals surface area contributed by atoms with Crippen LogP contribution in [0.1, 0.15) is 16.7 Å². The van der Waals surface area contributed by atoms with E-state index >= 15 is 0 Å². The van der Waals surface area contributed by atoms with Gasteiger partial charge in [0, 0.05) is 29.7 Å². The quantitative estimate of drug-likeness (QED) is 0.339. The van der Waals surface area contributed by atoms with E-state index in [1.807, 2.05) is 91.0 Å². The van der Waals surface area contributed by atoms with E-state index in [2.05, 4.69) is 0 Å². The van der Waals surface area contributed by atoms with Crippen LogP contribution < -0.4 is 10.2 Å². The number of fused-ring (bicyclic) bond motifs is 1. The Morgan fingerprint density at radius 2 is 1.36 bits per heavy atom. The Hall–Kier alpha value is -4.31. The molecule has 5 aromatic rings. The van der Waals surface area contributed by atoms with Crippen molar-refractivity contribution in [2.24, 2.45) is 0 Å². The summed E-state index contributed by atoms with van der Waals surface area (Å²) in [5.74, 6) is 0.825. The lowest BCUT2D eigenvalue weighted by atomic mass is 10.00. The molecule has 4 nitrogen and oxygen atoms in total. The monoisotopic (exact) mass is 434 g/mol. The van der Waals surface area contributed by atoms with Gasteiger partial charge in [0.05, 0.1) is 0 Å². The molecule has 0 aliphatic carbocycles. The maximum atomic E-state index is 13.0. The first-order chi connectivity index (χ1) is 16.2. The topological polar surface area (TPSA) is 59.7 Å². The first kappa shape index (κ1) is 20.6. The van der Waals surface area contributed by atoms with Crippen molar-refractivity contribution in [3.63, 3.8) is 0 Å². The highest BCUT2D eigenvalue weighted by atomic mass is 16.5. The first-order valence-electron chi connectivity index (χ1n) is 10.8. The van der Waals surface area contributed by atoms with Crippen molar-refractivity contribution in [2.75, 3.05) is 0 Å². The summed E-state index contributed by atoms with van der Waals surface area (Å²) in [6, 6.07) is 32.1. The minimum Gasteiger partial charge on any atom is -0.507 e. The first-order valence-corrected chi connectivity index (χ1v) is 10.8. The van der Waals surface area contributed by atoms with Crippen LogP contribution in [0.4, 0.5) is 0 Å². The number of phenolic OH excluding ortho intramolecular Hbond substituents is 1. The molecule has 4 aromatic carbocycles. The summed E-state index contributed by atoms with van der Waals surface area (Å²) >= 11 is 0. The lowest BCUT2D eigenvalue weighted by Crippen LogP contribution is -2.05. The van der Waals surface area contributed by atoms with Crippen molar-refractivity contribution in [3.8, 4) is 22.8 Å². The van der Waals surface area contributed by atoms with Gasteiger partial charge in [0.1, 0.15) is 34.8 Å². The molecule has 1 N–H and O–H groups in total. The molecular weight excluding hydrogens is 412 g/mol. The van der Waals surface area contributed by atoms with Crippen molar-refractivity contribution in [1.82, 2.24) is 0 Å². The molecule has 0 spiro atoms. The minimum atomic E-state index is -0.295. The summed E-state index contributed by atoms with van der Waals surface area (Å²) in [5.41, 5.74) is 3.35. The standard InChI is InChI=1S/C29H22O4/c30-24-17-25(22-14-8-3-9-15-22)33-27-18-26(32-19-21-12-6-2-7-13-21)23(29(31)28(24)27)16-20-10-4-1-5-11-20/h1-15,17-18,31H,16,19H2. The molecule has 5 rings (SSSR count). The third kappa shape index (κ3) is 4.37. The summed E-state index contributed by atoms with van der Waals surface area (Å²) in [5, 5.41) is 11.4. The Kier molecular flexibility index (Phi) is 5.64. The maximum Gasteiger partial charge on any atom is 0.197 e. The van der Waals surface area contributed by atoms with Gasteiger partial charge in [-0.2, -0.15) is 0 Å². The summed E-state index contributed by atoms with van der Waals surface area (Å²) in [6.07, 6.45) is 0.423. The number of benzene rings is 4. The molecule has 1 heterocycles. The zero-order valence-corrected chi connectivity index (χ0v) is 17.9. The highest BCUT2D eigenvalue weighted by Gasteiger charge is 2.19. The summed E-state index contributed by atoms with van der Waals surface area (Å²) in [4.78, 5) is 13.0.